The normalized spacial score (nSPS) is 17.9. The number of anilines is 1. The molecular formula is C22H29N2O3+. The van der Waals surface area contributed by atoms with Crippen molar-refractivity contribution < 1.29 is 19.2 Å². The van der Waals surface area contributed by atoms with Gasteiger partial charge in [-0.1, -0.05) is 29.8 Å². The summed E-state index contributed by atoms with van der Waals surface area (Å²) in [6.45, 7) is 9.26. The standard InChI is InChI=1S/C22H28N2O3/c1-14-10-15(2)21(16(3)11-14)23-22(25)17(4)24(5)12-18-13-26-19-8-6-7-9-20(19)27-18/h6-11,17-18H,12-13H2,1-5H3,(H,23,25)/p+1/t17-,18-/m1/s1. The second-order valence-corrected chi connectivity index (χ2v) is 7.53. The van der Waals surface area contributed by atoms with Crippen molar-refractivity contribution in [1.82, 2.24) is 0 Å². The maximum Gasteiger partial charge on any atom is 0.282 e. The number of ether oxygens (including phenoxy) is 2. The molecule has 2 N–H and O–H groups in total. The number of hydrogen-bond acceptors (Lipinski definition) is 3. The van der Waals surface area contributed by atoms with Crippen molar-refractivity contribution in [2.75, 3.05) is 25.5 Å². The molecule has 0 fully saturated rings. The zero-order valence-corrected chi connectivity index (χ0v) is 16.8. The second-order valence-electron chi connectivity index (χ2n) is 7.53. The van der Waals surface area contributed by atoms with Crippen molar-refractivity contribution >= 4 is 11.6 Å². The molecule has 0 saturated heterocycles. The van der Waals surface area contributed by atoms with E-state index < -0.39 is 0 Å². The Bertz CT molecular complexity index is 811. The number of likely N-dealkylation sites (N-methyl/N-ethyl adjacent to an activating group) is 1. The van der Waals surface area contributed by atoms with E-state index in [1.54, 1.807) is 0 Å². The van der Waals surface area contributed by atoms with Crippen LogP contribution in [0.15, 0.2) is 36.4 Å². The lowest BCUT2D eigenvalue weighted by Gasteiger charge is -2.30. The Morgan fingerprint density at radius 2 is 1.81 bits per heavy atom. The number of aryl methyl sites for hydroxylation is 3. The Kier molecular flexibility index (Phi) is 5.71. The fourth-order valence-corrected chi connectivity index (χ4v) is 3.53. The monoisotopic (exact) mass is 369 g/mol. The molecule has 0 saturated carbocycles. The molecule has 0 aliphatic carbocycles. The second kappa shape index (κ2) is 8.01. The molecule has 3 atom stereocenters. The average molecular weight is 369 g/mol. The minimum absolute atomic E-state index is 0.0136. The summed E-state index contributed by atoms with van der Waals surface area (Å²) < 4.78 is 11.8. The number of hydrogen-bond donors (Lipinski definition) is 2. The summed E-state index contributed by atoms with van der Waals surface area (Å²) in [7, 11) is 2.02. The molecule has 0 aromatic heterocycles. The van der Waals surface area contributed by atoms with E-state index in [0.29, 0.717) is 13.2 Å². The highest BCUT2D eigenvalue weighted by molar-refractivity contribution is 5.95. The first-order valence-corrected chi connectivity index (χ1v) is 9.44. The van der Waals surface area contributed by atoms with E-state index >= 15 is 0 Å². The molecule has 5 heteroatoms. The van der Waals surface area contributed by atoms with Crippen molar-refractivity contribution in [3.63, 3.8) is 0 Å². The Hall–Kier alpha value is -2.53. The van der Waals surface area contributed by atoms with Crippen LogP contribution in [0.3, 0.4) is 0 Å². The first-order valence-electron chi connectivity index (χ1n) is 9.44. The molecule has 1 aliphatic heterocycles. The summed E-state index contributed by atoms with van der Waals surface area (Å²) in [6, 6.07) is 11.7. The zero-order chi connectivity index (χ0) is 19.6. The maximum absolute atomic E-state index is 12.8. The van der Waals surface area contributed by atoms with E-state index in [1.807, 2.05) is 52.1 Å². The van der Waals surface area contributed by atoms with Crippen LogP contribution in [0, 0.1) is 20.8 Å². The van der Waals surface area contributed by atoms with Crippen molar-refractivity contribution in [2.45, 2.75) is 39.8 Å². The van der Waals surface area contributed by atoms with Crippen LogP contribution in [0.2, 0.25) is 0 Å². The molecule has 3 rings (SSSR count). The highest BCUT2D eigenvalue weighted by atomic mass is 16.6. The van der Waals surface area contributed by atoms with Crippen molar-refractivity contribution in [3.8, 4) is 11.5 Å². The van der Waals surface area contributed by atoms with Gasteiger partial charge in [-0.25, -0.2) is 0 Å². The molecule has 0 radical (unpaired) electrons. The van der Waals surface area contributed by atoms with Gasteiger partial charge in [-0.2, -0.15) is 0 Å². The van der Waals surface area contributed by atoms with E-state index in [1.165, 1.54) is 5.56 Å². The average Bonchev–Trinajstić information content (AvgIpc) is 2.63. The van der Waals surface area contributed by atoms with Gasteiger partial charge >= 0.3 is 0 Å². The van der Waals surface area contributed by atoms with Crippen LogP contribution in [0.1, 0.15) is 23.6 Å². The van der Waals surface area contributed by atoms with E-state index in [-0.39, 0.29) is 18.1 Å². The maximum atomic E-state index is 12.8. The summed E-state index contributed by atoms with van der Waals surface area (Å²) >= 11 is 0. The van der Waals surface area contributed by atoms with Gasteiger partial charge in [-0.15, -0.1) is 0 Å². The molecule has 1 heterocycles. The third-order valence-electron chi connectivity index (χ3n) is 5.17. The highest BCUT2D eigenvalue weighted by Gasteiger charge is 2.29. The van der Waals surface area contributed by atoms with Crippen molar-refractivity contribution in [1.29, 1.82) is 0 Å². The van der Waals surface area contributed by atoms with Crippen LogP contribution in [-0.4, -0.2) is 38.3 Å². The van der Waals surface area contributed by atoms with Crippen molar-refractivity contribution in [3.05, 3.63) is 53.1 Å². The van der Waals surface area contributed by atoms with Gasteiger partial charge in [0, 0.05) is 5.69 Å². The molecule has 2 aromatic rings. The molecule has 5 nitrogen and oxygen atoms in total. The molecule has 0 bridgehead atoms. The topological polar surface area (TPSA) is 52.0 Å². The summed E-state index contributed by atoms with van der Waals surface area (Å²) in [4.78, 5) is 13.9. The van der Waals surface area contributed by atoms with Crippen LogP contribution in [0.5, 0.6) is 11.5 Å². The Labute approximate surface area is 161 Å². The third-order valence-corrected chi connectivity index (χ3v) is 5.17. The van der Waals surface area contributed by atoms with E-state index in [2.05, 4.69) is 24.4 Å². The molecular weight excluding hydrogens is 340 g/mol. The predicted octanol–water partition coefficient (Wildman–Crippen LogP) is 2.29. The molecule has 1 amide bonds. The summed E-state index contributed by atoms with van der Waals surface area (Å²) in [5.74, 6) is 1.56. The Balaban J connectivity index is 1.60. The summed E-state index contributed by atoms with van der Waals surface area (Å²) in [5, 5.41) is 3.11. The number of benzene rings is 2. The van der Waals surface area contributed by atoms with Gasteiger partial charge < -0.3 is 19.7 Å². The number of quaternary nitrogens is 1. The van der Waals surface area contributed by atoms with Crippen LogP contribution in [0.25, 0.3) is 0 Å². The Morgan fingerprint density at radius 3 is 2.48 bits per heavy atom. The SMILES string of the molecule is Cc1cc(C)c(NC(=O)[C@@H](C)[NH+](C)C[C@@H]2COc3ccccc3O2)c(C)c1. The lowest BCUT2D eigenvalue weighted by molar-refractivity contribution is -0.896. The minimum atomic E-state index is -0.203. The number of nitrogens with one attached hydrogen (secondary N) is 2. The first kappa shape index (κ1) is 19.2. The third kappa shape index (κ3) is 4.42. The molecule has 1 aliphatic rings. The number of amides is 1. The van der Waals surface area contributed by atoms with Crippen LogP contribution < -0.4 is 19.7 Å². The van der Waals surface area contributed by atoms with Crippen LogP contribution in [-0.2, 0) is 4.79 Å². The fraction of sp³-hybridized carbons (Fsp3) is 0.409. The number of carbonyl (C=O) groups is 1. The molecule has 144 valence electrons. The molecule has 1 unspecified atom stereocenters. The molecule has 27 heavy (non-hydrogen) atoms. The summed E-state index contributed by atoms with van der Waals surface area (Å²) in [6.07, 6.45) is -0.0713. The van der Waals surface area contributed by atoms with Gasteiger partial charge in [-0.05, 0) is 51.0 Å². The number of fused-ring (bicyclic) bond motifs is 1. The van der Waals surface area contributed by atoms with Crippen LogP contribution in [0.4, 0.5) is 5.69 Å². The summed E-state index contributed by atoms with van der Waals surface area (Å²) in [5.41, 5.74) is 4.29. The fourth-order valence-electron chi connectivity index (χ4n) is 3.53. The first-order chi connectivity index (χ1) is 12.8. The lowest BCUT2D eigenvalue weighted by atomic mass is 10.0. The zero-order valence-electron chi connectivity index (χ0n) is 16.8. The van der Waals surface area contributed by atoms with Gasteiger partial charge in [0.05, 0.1) is 7.05 Å². The number of carbonyl (C=O) groups excluding carboxylic acids is 1. The van der Waals surface area contributed by atoms with Crippen LogP contribution >= 0.6 is 0 Å². The van der Waals surface area contributed by atoms with Crippen molar-refractivity contribution in [2.24, 2.45) is 0 Å². The molecule has 0 spiro atoms. The van der Waals surface area contributed by atoms with E-state index in [9.17, 15) is 4.79 Å². The number of rotatable bonds is 5. The smallest absolute Gasteiger partial charge is 0.282 e. The lowest BCUT2D eigenvalue weighted by Crippen LogP contribution is -3.15. The van der Waals surface area contributed by atoms with Gasteiger partial charge in [0.25, 0.3) is 5.91 Å². The van der Waals surface area contributed by atoms with E-state index in [4.69, 9.17) is 9.47 Å². The quantitative estimate of drug-likeness (QED) is 0.850. The van der Waals surface area contributed by atoms with Gasteiger partial charge in [0.2, 0.25) is 0 Å². The predicted molar refractivity (Wildman–Crippen MR) is 107 cm³/mol. The van der Waals surface area contributed by atoms with Gasteiger partial charge in [-0.3, -0.25) is 4.79 Å². The van der Waals surface area contributed by atoms with Gasteiger partial charge in [0.1, 0.15) is 13.2 Å². The number of para-hydroxylation sites is 2. The molecule has 2 aromatic carbocycles. The Morgan fingerprint density at radius 1 is 1.19 bits per heavy atom. The minimum Gasteiger partial charge on any atom is -0.486 e. The largest absolute Gasteiger partial charge is 0.486 e. The van der Waals surface area contributed by atoms with Gasteiger partial charge in [0.15, 0.2) is 23.6 Å². The highest BCUT2D eigenvalue weighted by Crippen LogP contribution is 2.30. The van der Waals surface area contributed by atoms with E-state index in [0.717, 1.165) is 33.2 Å².